The zero-order valence-corrected chi connectivity index (χ0v) is 17.2. The second kappa shape index (κ2) is 9.07. The summed E-state index contributed by atoms with van der Waals surface area (Å²) in [5.41, 5.74) is 0.475. The van der Waals surface area contributed by atoms with Gasteiger partial charge in [-0.2, -0.15) is 0 Å². The van der Waals surface area contributed by atoms with Gasteiger partial charge in [0.1, 0.15) is 0 Å². The normalized spacial score (nSPS) is 38.9. The van der Waals surface area contributed by atoms with Crippen molar-refractivity contribution in [3.8, 4) is 0 Å². The van der Waals surface area contributed by atoms with Crippen LogP contribution in [-0.2, 0) is 4.74 Å². The van der Waals surface area contributed by atoms with Crippen LogP contribution in [-0.4, -0.2) is 74.0 Å². The first kappa shape index (κ1) is 21.7. The highest BCUT2D eigenvalue weighted by Crippen LogP contribution is 2.60. The number of ether oxygens (including phenoxy) is 1. The molecule has 0 spiro atoms. The summed E-state index contributed by atoms with van der Waals surface area (Å²) < 4.78 is 6.06. The van der Waals surface area contributed by atoms with Gasteiger partial charge in [-0.15, -0.1) is 24.8 Å². The number of aliphatic hydroxyl groups is 1. The number of halogens is 2. The lowest BCUT2D eigenvalue weighted by Crippen LogP contribution is -2.49. The van der Waals surface area contributed by atoms with E-state index in [2.05, 4.69) is 16.8 Å². The first-order valence-corrected chi connectivity index (χ1v) is 9.77. The molecule has 6 heteroatoms. The molecule has 5 aliphatic rings. The standard InChI is InChI=1S/C19H34N2O2.2ClH/c1-20-2-4-21(5-3-20)12-18(22)13-23-14-19-9-15-6-16(10-19)8-17(7-15)11-19;;/h15-18,22H,2-14H2,1H3;2*1H. The highest BCUT2D eigenvalue weighted by molar-refractivity contribution is 5.85. The number of likely N-dealkylation sites (N-methyl/N-ethyl adjacent to an activating group) is 1. The molecule has 1 atom stereocenters. The molecule has 4 bridgehead atoms. The molecule has 0 aromatic heterocycles. The van der Waals surface area contributed by atoms with Crippen molar-refractivity contribution >= 4 is 24.8 Å². The van der Waals surface area contributed by atoms with E-state index in [0.29, 0.717) is 12.0 Å². The van der Waals surface area contributed by atoms with Gasteiger partial charge in [0, 0.05) is 32.7 Å². The zero-order valence-electron chi connectivity index (χ0n) is 15.6. The number of nitrogens with zero attached hydrogens (tertiary/aromatic N) is 2. The van der Waals surface area contributed by atoms with E-state index in [9.17, 15) is 5.11 Å². The van der Waals surface area contributed by atoms with Gasteiger partial charge in [-0.3, -0.25) is 4.90 Å². The minimum atomic E-state index is -0.327. The highest BCUT2D eigenvalue weighted by Gasteiger charge is 2.50. The van der Waals surface area contributed by atoms with Crippen molar-refractivity contribution in [3.05, 3.63) is 0 Å². The van der Waals surface area contributed by atoms with E-state index in [-0.39, 0.29) is 30.9 Å². The monoisotopic (exact) mass is 394 g/mol. The van der Waals surface area contributed by atoms with Gasteiger partial charge >= 0.3 is 0 Å². The molecule has 1 unspecified atom stereocenters. The molecule has 4 saturated carbocycles. The van der Waals surface area contributed by atoms with Gasteiger partial charge in [0.05, 0.1) is 19.3 Å². The fourth-order valence-electron chi connectivity index (χ4n) is 6.26. The fraction of sp³-hybridized carbons (Fsp3) is 1.00. The second-order valence-electron chi connectivity index (χ2n) is 9.19. The third-order valence-corrected chi connectivity index (χ3v) is 6.95. The largest absolute Gasteiger partial charge is 0.389 e. The molecule has 1 N–H and O–H groups in total. The molecule has 0 aromatic carbocycles. The maximum absolute atomic E-state index is 10.3. The minimum absolute atomic E-state index is 0. The summed E-state index contributed by atoms with van der Waals surface area (Å²) in [6, 6.07) is 0. The summed E-state index contributed by atoms with van der Waals surface area (Å²) in [4.78, 5) is 4.73. The number of hydrogen-bond donors (Lipinski definition) is 1. The summed E-state index contributed by atoms with van der Waals surface area (Å²) >= 11 is 0. The fourth-order valence-corrected chi connectivity index (χ4v) is 6.26. The predicted molar refractivity (Wildman–Crippen MR) is 106 cm³/mol. The summed E-state index contributed by atoms with van der Waals surface area (Å²) in [6.07, 6.45) is 8.34. The van der Waals surface area contributed by atoms with Crippen molar-refractivity contribution < 1.29 is 9.84 Å². The van der Waals surface area contributed by atoms with Crippen molar-refractivity contribution in [1.29, 1.82) is 0 Å². The molecular formula is C19H36Cl2N2O2. The molecule has 148 valence electrons. The van der Waals surface area contributed by atoms with E-state index < -0.39 is 0 Å². The molecule has 0 amide bonds. The van der Waals surface area contributed by atoms with Crippen LogP contribution in [0.25, 0.3) is 0 Å². The third-order valence-electron chi connectivity index (χ3n) is 6.95. The van der Waals surface area contributed by atoms with E-state index >= 15 is 0 Å². The summed E-state index contributed by atoms with van der Waals surface area (Å²) in [5.74, 6) is 2.96. The van der Waals surface area contributed by atoms with Gasteiger partial charge in [-0.25, -0.2) is 0 Å². The topological polar surface area (TPSA) is 35.9 Å². The number of rotatable bonds is 6. The van der Waals surface area contributed by atoms with Gasteiger partial charge in [0.25, 0.3) is 0 Å². The number of aliphatic hydroxyl groups excluding tert-OH is 1. The van der Waals surface area contributed by atoms with Crippen LogP contribution in [0.15, 0.2) is 0 Å². The number of β-amino-alcohol motifs (C(OH)–C–C–N with tert-alkyl or cyclic N) is 1. The highest BCUT2D eigenvalue weighted by atomic mass is 35.5. The zero-order chi connectivity index (χ0) is 15.9. The van der Waals surface area contributed by atoms with Crippen molar-refractivity contribution in [2.24, 2.45) is 23.2 Å². The van der Waals surface area contributed by atoms with Crippen LogP contribution in [0.3, 0.4) is 0 Å². The summed E-state index contributed by atoms with van der Waals surface area (Å²) in [7, 11) is 2.17. The molecule has 1 heterocycles. The van der Waals surface area contributed by atoms with E-state index in [1.807, 2.05) is 0 Å². The van der Waals surface area contributed by atoms with E-state index in [0.717, 1.165) is 57.1 Å². The van der Waals surface area contributed by atoms with Crippen LogP contribution in [0.1, 0.15) is 38.5 Å². The van der Waals surface area contributed by atoms with Crippen molar-refractivity contribution in [2.75, 3.05) is 53.0 Å². The van der Waals surface area contributed by atoms with Gasteiger partial charge in [0.2, 0.25) is 0 Å². The molecule has 5 fully saturated rings. The SMILES string of the molecule is CN1CCN(CC(O)COCC23CC4CC(CC(C4)C2)C3)CC1.Cl.Cl. The first-order valence-electron chi connectivity index (χ1n) is 9.77. The Kier molecular flexibility index (Phi) is 7.88. The Balaban J connectivity index is 0.00000113. The maximum Gasteiger partial charge on any atom is 0.0900 e. The first-order chi connectivity index (χ1) is 11.1. The molecular weight excluding hydrogens is 359 g/mol. The van der Waals surface area contributed by atoms with E-state index in [1.54, 1.807) is 0 Å². The van der Waals surface area contributed by atoms with Gasteiger partial charge < -0.3 is 14.7 Å². The third kappa shape index (κ3) is 5.24. The lowest BCUT2D eigenvalue weighted by atomic mass is 9.50. The van der Waals surface area contributed by atoms with E-state index in [1.165, 1.54) is 38.5 Å². The molecule has 4 nitrogen and oxygen atoms in total. The molecule has 1 aliphatic heterocycles. The average molecular weight is 395 g/mol. The summed E-state index contributed by atoms with van der Waals surface area (Å²) in [5, 5.41) is 10.3. The van der Waals surface area contributed by atoms with Gasteiger partial charge in [-0.05, 0) is 68.7 Å². The van der Waals surface area contributed by atoms with Crippen molar-refractivity contribution in [2.45, 2.75) is 44.6 Å². The smallest absolute Gasteiger partial charge is 0.0900 e. The Morgan fingerprint density at radius 1 is 0.960 bits per heavy atom. The Bertz CT molecular complexity index is 381. The van der Waals surface area contributed by atoms with Crippen LogP contribution in [0.5, 0.6) is 0 Å². The minimum Gasteiger partial charge on any atom is -0.389 e. The van der Waals surface area contributed by atoms with Crippen LogP contribution in [0.2, 0.25) is 0 Å². The van der Waals surface area contributed by atoms with Crippen LogP contribution < -0.4 is 0 Å². The van der Waals surface area contributed by atoms with Crippen LogP contribution in [0.4, 0.5) is 0 Å². The summed E-state index contributed by atoms with van der Waals surface area (Å²) in [6.45, 7) is 6.56. The maximum atomic E-state index is 10.3. The quantitative estimate of drug-likeness (QED) is 0.750. The lowest BCUT2D eigenvalue weighted by molar-refractivity contribution is -0.107. The number of hydrogen-bond acceptors (Lipinski definition) is 4. The Hall–Kier alpha value is 0.420. The second-order valence-corrected chi connectivity index (χ2v) is 9.19. The Morgan fingerprint density at radius 3 is 2.00 bits per heavy atom. The Morgan fingerprint density at radius 2 is 1.48 bits per heavy atom. The van der Waals surface area contributed by atoms with Crippen LogP contribution in [0, 0.1) is 23.2 Å². The Labute approximate surface area is 165 Å². The molecule has 1 saturated heterocycles. The van der Waals surface area contributed by atoms with Crippen molar-refractivity contribution in [1.82, 2.24) is 9.80 Å². The van der Waals surface area contributed by atoms with Gasteiger partial charge in [-0.1, -0.05) is 0 Å². The number of piperazine rings is 1. The van der Waals surface area contributed by atoms with Gasteiger partial charge in [0.15, 0.2) is 0 Å². The average Bonchev–Trinajstić information content (AvgIpc) is 2.48. The van der Waals surface area contributed by atoms with Crippen molar-refractivity contribution in [3.63, 3.8) is 0 Å². The van der Waals surface area contributed by atoms with E-state index in [4.69, 9.17) is 4.74 Å². The molecule has 5 rings (SSSR count). The molecule has 25 heavy (non-hydrogen) atoms. The molecule has 0 radical (unpaired) electrons. The molecule has 0 aromatic rings. The molecule has 4 aliphatic carbocycles. The van der Waals surface area contributed by atoms with Crippen LogP contribution >= 0.6 is 24.8 Å². The predicted octanol–water partition coefficient (Wildman–Crippen LogP) is 2.67. The lowest BCUT2D eigenvalue weighted by Gasteiger charge is -2.56.